The molecule has 0 radical (unpaired) electrons. The van der Waals surface area contributed by atoms with E-state index in [0.717, 1.165) is 0 Å². The van der Waals surface area contributed by atoms with Gasteiger partial charge in [0, 0.05) is 0 Å². The highest BCUT2D eigenvalue weighted by Gasteiger charge is 2.13. The van der Waals surface area contributed by atoms with Crippen LogP contribution in [-0.4, -0.2) is 32.1 Å². The highest BCUT2D eigenvalue weighted by molar-refractivity contribution is 6.01. The first-order valence-corrected chi connectivity index (χ1v) is 4.49. The Bertz CT molecular complexity index is 573. The summed E-state index contributed by atoms with van der Waals surface area (Å²) < 4.78 is 0. The molecule has 82 valence electrons. The summed E-state index contributed by atoms with van der Waals surface area (Å²) in [4.78, 5) is 28.1. The SMILES string of the molecule is O=C(O)Cc1cc(C(=O)O)c2nc[nH]c2c1. The molecule has 0 amide bonds. The summed E-state index contributed by atoms with van der Waals surface area (Å²) in [6.45, 7) is 0. The molecular weight excluding hydrogens is 212 g/mol. The molecule has 6 heteroatoms. The quantitative estimate of drug-likeness (QED) is 0.712. The van der Waals surface area contributed by atoms with Gasteiger partial charge in [-0.3, -0.25) is 4.79 Å². The first-order valence-electron chi connectivity index (χ1n) is 4.49. The molecule has 0 unspecified atom stereocenters. The second-order valence-electron chi connectivity index (χ2n) is 3.32. The number of H-pyrrole nitrogens is 1. The summed E-state index contributed by atoms with van der Waals surface area (Å²) in [5.41, 5.74) is 1.30. The first kappa shape index (κ1) is 10.2. The van der Waals surface area contributed by atoms with Crippen molar-refractivity contribution >= 4 is 23.0 Å². The van der Waals surface area contributed by atoms with Crippen LogP contribution in [-0.2, 0) is 11.2 Å². The van der Waals surface area contributed by atoms with Gasteiger partial charge in [0.05, 0.1) is 23.8 Å². The third-order valence-electron chi connectivity index (χ3n) is 2.17. The number of aromatic carboxylic acids is 1. The number of carboxylic acids is 2. The van der Waals surface area contributed by atoms with Gasteiger partial charge in [-0.05, 0) is 17.7 Å². The number of aromatic nitrogens is 2. The minimum atomic E-state index is -1.12. The molecule has 1 aromatic heterocycles. The Labute approximate surface area is 89.5 Å². The number of nitrogens with one attached hydrogen (secondary N) is 1. The Hall–Kier alpha value is -2.37. The van der Waals surface area contributed by atoms with Gasteiger partial charge in [0.15, 0.2) is 0 Å². The van der Waals surface area contributed by atoms with Gasteiger partial charge in [0.25, 0.3) is 0 Å². The fraction of sp³-hybridized carbons (Fsp3) is 0.100. The van der Waals surface area contributed by atoms with E-state index in [0.29, 0.717) is 16.6 Å². The van der Waals surface area contributed by atoms with Crippen LogP contribution in [0.4, 0.5) is 0 Å². The van der Waals surface area contributed by atoms with E-state index in [2.05, 4.69) is 9.97 Å². The topological polar surface area (TPSA) is 103 Å². The standard InChI is InChI=1S/C10H8N2O4/c13-8(14)3-5-1-6(10(15)16)9-7(2-5)11-4-12-9/h1-2,4H,3H2,(H,11,12)(H,13,14)(H,15,16). The molecule has 0 aliphatic rings. The predicted octanol–water partition coefficient (Wildman–Crippen LogP) is 0.888. The minimum absolute atomic E-state index is 0.00926. The first-order chi connectivity index (χ1) is 7.58. The molecule has 0 aliphatic heterocycles. The number of imidazole rings is 1. The number of benzene rings is 1. The molecule has 0 aliphatic carbocycles. The van der Waals surface area contributed by atoms with Gasteiger partial charge in [-0.2, -0.15) is 0 Å². The lowest BCUT2D eigenvalue weighted by Gasteiger charge is -2.01. The predicted molar refractivity (Wildman–Crippen MR) is 54.4 cm³/mol. The maximum absolute atomic E-state index is 10.9. The van der Waals surface area contributed by atoms with Crippen LogP contribution in [0.5, 0.6) is 0 Å². The third-order valence-corrected chi connectivity index (χ3v) is 2.17. The highest BCUT2D eigenvalue weighted by Crippen LogP contribution is 2.18. The van der Waals surface area contributed by atoms with Crippen LogP contribution in [0.25, 0.3) is 11.0 Å². The van der Waals surface area contributed by atoms with Crippen molar-refractivity contribution in [1.82, 2.24) is 9.97 Å². The molecule has 0 saturated carbocycles. The minimum Gasteiger partial charge on any atom is -0.481 e. The molecule has 16 heavy (non-hydrogen) atoms. The average Bonchev–Trinajstić information content (AvgIpc) is 2.62. The summed E-state index contributed by atoms with van der Waals surface area (Å²) in [7, 11) is 0. The third kappa shape index (κ3) is 1.72. The zero-order valence-electron chi connectivity index (χ0n) is 8.10. The number of hydrogen-bond donors (Lipinski definition) is 3. The van der Waals surface area contributed by atoms with Gasteiger partial charge < -0.3 is 15.2 Å². The van der Waals surface area contributed by atoms with Crippen molar-refractivity contribution in [3.63, 3.8) is 0 Å². The van der Waals surface area contributed by atoms with Crippen molar-refractivity contribution in [2.75, 3.05) is 0 Å². The Morgan fingerprint density at radius 3 is 2.69 bits per heavy atom. The molecular formula is C10H8N2O4. The normalized spacial score (nSPS) is 10.5. The summed E-state index contributed by atoms with van der Waals surface area (Å²) >= 11 is 0. The van der Waals surface area contributed by atoms with Crippen molar-refractivity contribution < 1.29 is 19.8 Å². The Kier molecular flexibility index (Phi) is 2.32. The molecule has 1 heterocycles. The second kappa shape index (κ2) is 3.65. The fourth-order valence-electron chi connectivity index (χ4n) is 1.55. The van der Waals surface area contributed by atoms with Crippen molar-refractivity contribution in [3.05, 3.63) is 29.6 Å². The van der Waals surface area contributed by atoms with Crippen molar-refractivity contribution in [2.24, 2.45) is 0 Å². The van der Waals surface area contributed by atoms with E-state index in [1.54, 1.807) is 6.07 Å². The van der Waals surface area contributed by atoms with Gasteiger partial charge in [-0.15, -0.1) is 0 Å². The summed E-state index contributed by atoms with van der Waals surface area (Å²) in [6, 6.07) is 2.92. The summed E-state index contributed by atoms with van der Waals surface area (Å²) in [5, 5.41) is 17.6. The van der Waals surface area contributed by atoms with E-state index < -0.39 is 11.9 Å². The van der Waals surface area contributed by atoms with Gasteiger partial charge in [-0.25, -0.2) is 9.78 Å². The van der Waals surface area contributed by atoms with E-state index in [4.69, 9.17) is 10.2 Å². The van der Waals surface area contributed by atoms with E-state index >= 15 is 0 Å². The fourth-order valence-corrected chi connectivity index (χ4v) is 1.55. The lowest BCUT2D eigenvalue weighted by molar-refractivity contribution is -0.136. The van der Waals surface area contributed by atoms with Gasteiger partial charge >= 0.3 is 11.9 Å². The zero-order valence-corrected chi connectivity index (χ0v) is 8.10. The van der Waals surface area contributed by atoms with Crippen LogP contribution >= 0.6 is 0 Å². The number of rotatable bonds is 3. The lowest BCUT2D eigenvalue weighted by atomic mass is 10.1. The Morgan fingerprint density at radius 2 is 2.06 bits per heavy atom. The van der Waals surface area contributed by atoms with Crippen LogP contribution < -0.4 is 0 Å². The number of fused-ring (bicyclic) bond motifs is 1. The molecule has 2 rings (SSSR count). The number of carbonyl (C=O) groups is 2. The molecule has 0 bridgehead atoms. The van der Waals surface area contributed by atoms with E-state index in [1.165, 1.54) is 12.4 Å². The monoisotopic (exact) mass is 220 g/mol. The van der Waals surface area contributed by atoms with Crippen LogP contribution in [0, 0.1) is 0 Å². The number of hydrogen-bond acceptors (Lipinski definition) is 3. The molecule has 1 aromatic carbocycles. The summed E-state index contributed by atoms with van der Waals surface area (Å²) in [6.07, 6.45) is 1.16. The van der Waals surface area contributed by atoms with Crippen LogP contribution in [0.15, 0.2) is 18.5 Å². The van der Waals surface area contributed by atoms with Crippen molar-refractivity contribution in [2.45, 2.75) is 6.42 Å². The highest BCUT2D eigenvalue weighted by atomic mass is 16.4. The Morgan fingerprint density at radius 1 is 1.31 bits per heavy atom. The number of nitrogens with zero attached hydrogens (tertiary/aromatic N) is 1. The molecule has 2 aromatic rings. The van der Waals surface area contributed by atoms with E-state index in [9.17, 15) is 9.59 Å². The van der Waals surface area contributed by atoms with Gasteiger partial charge in [0.1, 0.15) is 5.52 Å². The maximum Gasteiger partial charge on any atom is 0.337 e. The average molecular weight is 220 g/mol. The maximum atomic E-state index is 10.9. The largest absolute Gasteiger partial charge is 0.481 e. The van der Waals surface area contributed by atoms with Crippen molar-refractivity contribution in [3.8, 4) is 0 Å². The zero-order chi connectivity index (χ0) is 11.7. The van der Waals surface area contributed by atoms with E-state index in [1.807, 2.05) is 0 Å². The molecule has 0 atom stereocenters. The van der Waals surface area contributed by atoms with Crippen LogP contribution in [0.3, 0.4) is 0 Å². The number of aliphatic carboxylic acids is 1. The van der Waals surface area contributed by atoms with Gasteiger partial charge in [0.2, 0.25) is 0 Å². The van der Waals surface area contributed by atoms with E-state index in [-0.39, 0.29) is 12.0 Å². The van der Waals surface area contributed by atoms with Gasteiger partial charge in [-0.1, -0.05) is 0 Å². The number of aromatic amines is 1. The Balaban J connectivity index is 2.61. The van der Waals surface area contributed by atoms with Crippen LogP contribution in [0.1, 0.15) is 15.9 Å². The molecule has 3 N–H and O–H groups in total. The molecule has 0 spiro atoms. The molecule has 0 fully saturated rings. The van der Waals surface area contributed by atoms with Crippen molar-refractivity contribution in [1.29, 1.82) is 0 Å². The van der Waals surface area contributed by atoms with Crippen LogP contribution in [0.2, 0.25) is 0 Å². The molecule has 6 nitrogen and oxygen atoms in total. The number of carboxylic acid groups (broad SMARTS) is 2. The smallest absolute Gasteiger partial charge is 0.337 e. The molecule has 0 saturated heterocycles. The lowest BCUT2D eigenvalue weighted by Crippen LogP contribution is -2.04. The summed E-state index contributed by atoms with van der Waals surface area (Å²) in [5.74, 6) is -2.13. The second-order valence-corrected chi connectivity index (χ2v) is 3.32.